The van der Waals surface area contributed by atoms with Gasteiger partial charge in [0.1, 0.15) is 0 Å². The van der Waals surface area contributed by atoms with Crippen molar-refractivity contribution in [2.24, 2.45) is 4.99 Å². The van der Waals surface area contributed by atoms with Crippen LogP contribution in [0.1, 0.15) is 0 Å². The van der Waals surface area contributed by atoms with E-state index in [1.807, 2.05) is 35.4 Å². The second-order valence-electron chi connectivity index (χ2n) is 4.05. The number of thiazole rings is 1. The summed E-state index contributed by atoms with van der Waals surface area (Å²) in [4.78, 5) is 11.0. The monoisotopic (exact) mass is 274 g/mol. The Hall–Kier alpha value is -1.92. The van der Waals surface area contributed by atoms with Crippen LogP contribution in [0, 0.1) is 0 Å². The highest BCUT2D eigenvalue weighted by molar-refractivity contribution is 7.22. The van der Waals surface area contributed by atoms with Gasteiger partial charge in [0.25, 0.3) is 0 Å². The molecule has 2 aromatic rings. The smallest absolute Gasteiger partial charge is 0.204 e. The summed E-state index contributed by atoms with van der Waals surface area (Å²) >= 11 is 1.64. The Morgan fingerprint density at radius 2 is 2.32 bits per heavy atom. The van der Waals surface area contributed by atoms with Crippen LogP contribution in [0.2, 0.25) is 0 Å². The third-order valence-electron chi connectivity index (χ3n) is 2.75. The SMILES string of the molecule is OCCN=C1NC=CCN1c1nc2ccccc2s1. The molecular weight excluding hydrogens is 260 g/mol. The van der Waals surface area contributed by atoms with Crippen molar-refractivity contribution in [1.82, 2.24) is 10.3 Å². The molecule has 98 valence electrons. The van der Waals surface area contributed by atoms with E-state index >= 15 is 0 Å². The molecule has 2 N–H and O–H groups in total. The average molecular weight is 274 g/mol. The maximum atomic E-state index is 8.88. The van der Waals surface area contributed by atoms with E-state index < -0.39 is 0 Å². The van der Waals surface area contributed by atoms with Gasteiger partial charge in [-0.3, -0.25) is 9.89 Å². The number of aromatic nitrogens is 1. The molecule has 1 aliphatic rings. The lowest BCUT2D eigenvalue weighted by molar-refractivity contribution is 0.306. The largest absolute Gasteiger partial charge is 0.394 e. The van der Waals surface area contributed by atoms with Crippen LogP contribution >= 0.6 is 11.3 Å². The van der Waals surface area contributed by atoms with Gasteiger partial charge in [-0.25, -0.2) is 4.98 Å². The van der Waals surface area contributed by atoms with Crippen molar-refractivity contribution >= 4 is 32.6 Å². The lowest BCUT2D eigenvalue weighted by Gasteiger charge is -2.24. The number of nitrogens with zero attached hydrogens (tertiary/aromatic N) is 3. The molecule has 0 amide bonds. The van der Waals surface area contributed by atoms with Crippen molar-refractivity contribution in [3.05, 3.63) is 36.5 Å². The third kappa shape index (κ3) is 2.45. The van der Waals surface area contributed by atoms with E-state index in [0.717, 1.165) is 27.9 Å². The fraction of sp³-hybridized carbons (Fsp3) is 0.231. The maximum Gasteiger partial charge on any atom is 0.204 e. The number of aliphatic hydroxyl groups excluding tert-OH is 1. The van der Waals surface area contributed by atoms with Crippen LogP contribution < -0.4 is 10.2 Å². The molecule has 1 aromatic heterocycles. The van der Waals surface area contributed by atoms with Crippen LogP contribution in [0.15, 0.2) is 41.5 Å². The lowest BCUT2D eigenvalue weighted by atomic mass is 10.3. The number of rotatable bonds is 3. The van der Waals surface area contributed by atoms with Gasteiger partial charge in [-0.05, 0) is 18.2 Å². The standard InChI is InChI=1S/C13H14N4OS/c18-9-7-15-12-14-6-3-8-17(12)13-16-10-4-1-2-5-11(10)19-13/h1-6,18H,7-9H2,(H,14,15). The summed E-state index contributed by atoms with van der Waals surface area (Å²) in [6.07, 6.45) is 3.88. The molecule has 0 bridgehead atoms. The minimum atomic E-state index is 0.0442. The van der Waals surface area contributed by atoms with E-state index in [9.17, 15) is 0 Å². The average Bonchev–Trinajstić information content (AvgIpc) is 2.89. The highest BCUT2D eigenvalue weighted by Crippen LogP contribution is 2.28. The van der Waals surface area contributed by atoms with E-state index in [1.54, 1.807) is 11.3 Å². The van der Waals surface area contributed by atoms with E-state index in [4.69, 9.17) is 5.11 Å². The van der Waals surface area contributed by atoms with Gasteiger partial charge in [-0.1, -0.05) is 23.5 Å². The first-order valence-corrected chi connectivity index (χ1v) is 6.90. The number of guanidine groups is 1. The van der Waals surface area contributed by atoms with Gasteiger partial charge in [-0.2, -0.15) is 0 Å². The molecule has 1 aliphatic heterocycles. The fourth-order valence-electron chi connectivity index (χ4n) is 1.89. The number of nitrogens with one attached hydrogen (secondary N) is 1. The second kappa shape index (κ2) is 5.38. The molecule has 0 radical (unpaired) electrons. The zero-order valence-corrected chi connectivity index (χ0v) is 11.1. The highest BCUT2D eigenvalue weighted by Gasteiger charge is 2.18. The molecule has 5 nitrogen and oxygen atoms in total. The minimum Gasteiger partial charge on any atom is -0.394 e. The summed E-state index contributed by atoms with van der Waals surface area (Å²) in [5, 5.41) is 12.9. The number of benzene rings is 1. The normalized spacial score (nSPS) is 17.1. The molecule has 0 spiro atoms. The molecule has 1 aromatic carbocycles. The molecule has 0 saturated carbocycles. The lowest BCUT2D eigenvalue weighted by Crippen LogP contribution is -2.42. The minimum absolute atomic E-state index is 0.0442. The van der Waals surface area contributed by atoms with Gasteiger partial charge < -0.3 is 10.4 Å². The van der Waals surface area contributed by atoms with Gasteiger partial charge in [0.2, 0.25) is 5.96 Å². The Balaban J connectivity index is 1.96. The number of anilines is 1. The molecule has 6 heteroatoms. The Morgan fingerprint density at radius 3 is 3.16 bits per heavy atom. The van der Waals surface area contributed by atoms with Gasteiger partial charge in [-0.15, -0.1) is 0 Å². The van der Waals surface area contributed by atoms with E-state index in [0.29, 0.717) is 6.54 Å². The van der Waals surface area contributed by atoms with E-state index in [1.165, 1.54) is 0 Å². The van der Waals surface area contributed by atoms with Crippen molar-refractivity contribution in [3.63, 3.8) is 0 Å². The fourth-order valence-corrected chi connectivity index (χ4v) is 2.86. The van der Waals surface area contributed by atoms with Crippen molar-refractivity contribution in [3.8, 4) is 0 Å². The van der Waals surface area contributed by atoms with Gasteiger partial charge in [0, 0.05) is 12.7 Å². The zero-order chi connectivity index (χ0) is 13.1. The summed E-state index contributed by atoms with van der Waals surface area (Å²) in [5.41, 5.74) is 0.999. The molecule has 2 heterocycles. The molecular formula is C13H14N4OS. The second-order valence-corrected chi connectivity index (χ2v) is 5.06. The number of hydrogen-bond donors (Lipinski definition) is 2. The number of para-hydroxylation sites is 1. The van der Waals surface area contributed by atoms with E-state index in [-0.39, 0.29) is 6.61 Å². The summed E-state index contributed by atoms with van der Waals surface area (Å²) in [6.45, 7) is 1.16. The Morgan fingerprint density at radius 1 is 1.42 bits per heavy atom. The number of hydrogen-bond acceptors (Lipinski definition) is 4. The molecule has 0 saturated heterocycles. The molecule has 3 rings (SSSR count). The van der Waals surface area contributed by atoms with Gasteiger partial charge in [0.15, 0.2) is 5.13 Å². The number of aliphatic imine (C=N–C) groups is 1. The Labute approximate surface area is 114 Å². The molecule has 0 fully saturated rings. The molecule has 0 aliphatic carbocycles. The highest BCUT2D eigenvalue weighted by atomic mass is 32.1. The summed E-state index contributed by atoms with van der Waals surface area (Å²) in [6, 6.07) is 8.07. The maximum absolute atomic E-state index is 8.88. The first kappa shape index (κ1) is 12.1. The summed E-state index contributed by atoms with van der Waals surface area (Å²) in [5.74, 6) is 0.732. The third-order valence-corrected chi connectivity index (χ3v) is 3.81. The number of aliphatic hydroxyl groups is 1. The first-order chi connectivity index (χ1) is 9.38. The Kier molecular flexibility index (Phi) is 3.43. The quantitative estimate of drug-likeness (QED) is 0.892. The van der Waals surface area contributed by atoms with E-state index in [2.05, 4.69) is 21.4 Å². The van der Waals surface area contributed by atoms with Crippen LogP contribution in [0.3, 0.4) is 0 Å². The molecule has 0 atom stereocenters. The summed E-state index contributed by atoms with van der Waals surface area (Å²) in [7, 11) is 0. The van der Waals surface area contributed by atoms with Crippen molar-refractivity contribution in [1.29, 1.82) is 0 Å². The molecule has 0 unspecified atom stereocenters. The van der Waals surface area contributed by atoms with Crippen LogP contribution in [0.5, 0.6) is 0 Å². The Bertz CT molecular complexity index is 601. The van der Waals surface area contributed by atoms with Gasteiger partial charge in [0.05, 0.1) is 23.4 Å². The van der Waals surface area contributed by atoms with Crippen LogP contribution in [-0.4, -0.2) is 35.7 Å². The predicted octanol–water partition coefficient (Wildman–Crippen LogP) is 1.57. The van der Waals surface area contributed by atoms with Crippen LogP contribution in [0.4, 0.5) is 5.13 Å². The first-order valence-electron chi connectivity index (χ1n) is 6.08. The van der Waals surface area contributed by atoms with Crippen molar-refractivity contribution in [2.75, 3.05) is 24.6 Å². The number of fused-ring (bicyclic) bond motifs is 1. The van der Waals surface area contributed by atoms with Gasteiger partial charge >= 0.3 is 0 Å². The van der Waals surface area contributed by atoms with Crippen LogP contribution in [0.25, 0.3) is 10.2 Å². The predicted molar refractivity (Wildman–Crippen MR) is 78.6 cm³/mol. The topological polar surface area (TPSA) is 60.8 Å². The molecule has 19 heavy (non-hydrogen) atoms. The zero-order valence-electron chi connectivity index (χ0n) is 10.3. The van der Waals surface area contributed by atoms with Crippen LogP contribution in [-0.2, 0) is 0 Å². The summed E-state index contributed by atoms with van der Waals surface area (Å²) < 4.78 is 1.16. The van der Waals surface area contributed by atoms with Crippen molar-refractivity contribution in [2.45, 2.75) is 0 Å². The van der Waals surface area contributed by atoms with Crippen molar-refractivity contribution < 1.29 is 5.11 Å².